The van der Waals surface area contributed by atoms with Gasteiger partial charge in [-0.25, -0.2) is 4.79 Å². The van der Waals surface area contributed by atoms with Gasteiger partial charge in [0.15, 0.2) is 6.61 Å². The maximum Gasteiger partial charge on any atom is 0.393 e. The van der Waals surface area contributed by atoms with Gasteiger partial charge in [0.05, 0.1) is 6.42 Å². The molecule has 3 nitrogen and oxygen atoms in total. The Hall–Kier alpha value is -3.19. The van der Waals surface area contributed by atoms with Crippen molar-refractivity contribution in [3.8, 4) is 5.75 Å². The molecule has 0 spiro atoms. The summed E-state index contributed by atoms with van der Waals surface area (Å²) in [7, 11) is 0. The van der Waals surface area contributed by atoms with Crippen molar-refractivity contribution in [3.05, 3.63) is 102 Å². The average Bonchev–Trinajstić information content (AvgIpc) is 2.76. The van der Waals surface area contributed by atoms with Gasteiger partial charge in [-0.2, -0.15) is 13.2 Å². The molecule has 0 aromatic heterocycles. The van der Waals surface area contributed by atoms with Crippen molar-refractivity contribution in [1.29, 1.82) is 0 Å². The van der Waals surface area contributed by atoms with Crippen LogP contribution in [0.5, 0.6) is 5.75 Å². The molecule has 0 unspecified atom stereocenters. The molecule has 0 amide bonds. The predicted molar refractivity (Wildman–Crippen MR) is 120 cm³/mol. The Bertz CT molecular complexity index is 1060. The first-order valence-corrected chi connectivity index (χ1v) is 10.8. The molecule has 0 aliphatic heterocycles. The molecule has 166 valence electrons. The van der Waals surface area contributed by atoms with Crippen LogP contribution in [0.3, 0.4) is 0 Å². The molecule has 1 N–H and O–H groups in total. The summed E-state index contributed by atoms with van der Waals surface area (Å²) >= 11 is 1.56. The monoisotopic (exact) mass is 458 g/mol. The maximum absolute atomic E-state index is 12.8. The van der Waals surface area contributed by atoms with Crippen LogP contribution in [0, 0.1) is 0 Å². The third kappa shape index (κ3) is 7.50. The predicted octanol–water partition coefficient (Wildman–Crippen LogP) is 6.48. The van der Waals surface area contributed by atoms with Crippen molar-refractivity contribution >= 4 is 23.3 Å². The van der Waals surface area contributed by atoms with E-state index in [0.717, 1.165) is 21.6 Å². The van der Waals surface area contributed by atoms with Gasteiger partial charge in [0.2, 0.25) is 0 Å². The van der Waals surface area contributed by atoms with Crippen LogP contribution in [0.4, 0.5) is 13.2 Å². The Morgan fingerprint density at radius 2 is 1.62 bits per heavy atom. The van der Waals surface area contributed by atoms with E-state index in [1.54, 1.807) is 36.0 Å². The van der Waals surface area contributed by atoms with E-state index in [0.29, 0.717) is 11.5 Å². The van der Waals surface area contributed by atoms with Crippen molar-refractivity contribution in [2.45, 2.75) is 17.5 Å². The number of hydrogen-bond donors (Lipinski definition) is 1. The van der Waals surface area contributed by atoms with Crippen LogP contribution in [0.1, 0.15) is 16.7 Å². The Kier molecular flexibility index (Phi) is 8.00. The zero-order valence-corrected chi connectivity index (χ0v) is 17.8. The minimum Gasteiger partial charge on any atom is -0.482 e. The Balaban J connectivity index is 1.77. The summed E-state index contributed by atoms with van der Waals surface area (Å²) in [6, 6.07) is 23.2. The number of alkyl halides is 3. The van der Waals surface area contributed by atoms with Crippen LogP contribution in [-0.4, -0.2) is 29.6 Å². The molecule has 0 bridgehead atoms. The van der Waals surface area contributed by atoms with Gasteiger partial charge in [-0.15, -0.1) is 11.8 Å². The first-order chi connectivity index (χ1) is 15.3. The fourth-order valence-corrected chi connectivity index (χ4v) is 3.87. The molecular weight excluding hydrogens is 437 g/mol. The lowest BCUT2D eigenvalue weighted by Crippen LogP contribution is -2.11. The number of aliphatic carboxylic acids is 1. The van der Waals surface area contributed by atoms with Gasteiger partial charge >= 0.3 is 12.1 Å². The molecule has 0 aliphatic rings. The molecular formula is C25H21F3O3S. The Morgan fingerprint density at radius 1 is 0.938 bits per heavy atom. The summed E-state index contributed by atoms with van der Waals surface area (Å²) in [6.45, 7) is -0.400. The number of carboxylic acids is 1. The number of benzene rings is 3. The summed E-state index contributed by atoms with van der Waals surface area (Å²) in [5, 5.41) is 8.67. The van der Waals surface area contributed by atoms with Gasteiger partial charge in [0, 0.05) is 10.6 Å². The number of carboxylic acid groups (broad SMARTS) is 1. The van der Waals surface area contributed by atoms with E-state index in [1.807, 2.05) is 54.6 Å². The molecule has 3 aromatic rings. The zero-order valence-electron chi connectivity index (χ0n) is 17.0. The lowest BCUT2D eigenvalue weighted by atomic mass is 9.95. The lowest BCUT2D eigenvalue weighted by molar-refractivity contribution is -0.139. The second kappa shape index (κ2) is 10.9. The largest absolute Gasteiger partial charge is 0.482 e. The van der Waals surface area contributed by atoms with Crippen molar-refractivity contribution in [2.75, 3.05) is 12.4 Å². The standard InChI is InChI=1S/C25H21F3O3S/c26-25(27,28)16-18-5-4-8-20(15-18)23(19-6-2-1-3-7-19)13-14-32-22-11-9-21(10-12-22)31-17-24(29)30/h1-13,15H,14,16-17H2,(H,29,30). The van der Waals surface area contributed by atoms with E-state index in [9.17, 15) is 18.0 Å². The third-order valence-corrected chi connectivity index (χ3v) is 5.39. The average molecular weight is 459 g/mol. The SMILES string of the molecule is O=C(O)COc1ccc(SCC=C(c2ccccc2)c2cccc(CC(F)(F)F)c2)cc1. The minimum atomic E-state index is -4.26. The van der Waals surface area contributed by atoms with Crippen LogP contribution < -0.4 is 4.74 Å². The molecule has 0 saturated heterocycles. The second-order valence-corrected chi connectivity index (χ2v) is 8.03. The fraction of sp³-hybridized carbons (Fsp3) is 0.160. The van der Waals surface area contributed by atoms with Crippen LogP contribution in [0.15, 0.2) is 89.8 Å². The molecule has 0 saturated carbocycles. The second-order valence-electron chi connectivity index (χ2n) is 6.94. The molecule has 0 fully saturated rings. The van der Waals surface area contributed by atoms with E-state index in [4.69, 9.17) is 9.84 Å². The molecule has 0 aliphatic carbocycles. The quantitative estimate of drug-likeness (QED) is 0.373. The normalized spacial score (nSPS) is 11.9. The number of hydrogen-bond acceptors (Lipinski definition) is 3. The summed E-state index contributed by atoms with van der Waals surface area (Å²) in [5.41, 5.74) is 2.75. The number of carbonyl (C=O) groups is 1. The highest BCUT2D eigenvalue weighted by Crippen LogP contribution is 2.29. The summed E-state index contributed by atoms with van der Waals surface area (Å²) in [6.07, 6.45) is -3.22. The molecule has 0 radical (unpaired) electrons. The zero-order chi connectivity index (χ0) is 23.0. The first-order valence-electron chi connectivity index (χ1n) is 9.79. The van der Waals surface area contributed by atoms with E-state index < -0.39 is 25.2 Å². The van der Waals surface area contributed by atoms with Gasteiger partial charge in [0.1, 0.15) is 5.75 Å². The number of rotatable bonds is 9. The topological polar surface area (TPSA) is 46.5 Å². The molecule has 3 rings (SSSR count). The Labute approximate surface area is 188 Å². The van der Waals surface area contributed by atoms with E-state index in [2.05, 4.69) is 0 Å². The smallest absolute Gasteiger partial charge is 0.393 e. The van der Waals surface area contributed by atoms with E-state index in [1.165, 1.54) is 6.07 Å². The fourth-order valence-electron chi connectivity index (χ4n) is 3.10. The molecule has 0 heterocycles. The third-order valence-electron chi connectivity index (χ3n) is 4.45. The van der Waals surface area contributed by atoms with Crippen molar-refractivity contribution in [1.82, 2.24) is 0 Å². The van der Waals surface area contributed by atoms with Crippen molar-refractivity contribution in [3.63, 3.8) is 0 Å². The van der Waals surface area contributed by atoms with Crippen molar-refractivity contribution < 1.29 is 27.8 Å². The van der Waals surface area contributed by atoms with Crippen LogP contribution in [0.2, 0.25) is 0 Å². The summed E-state index contributed by atoms with van der Waals surface area (Å²) in [4.78, 5) is 11.5. The number of ether oxygens (including phenoxy) is 1. The number of thioether (sulfide) groups is 1. The summed E-state index contributed by atoms with van der Waals surface area (Å²) in [5.74, 6) is 0.0309. The number of halogens is 3. The highest BCUT2D eigenvalue weighted by atomic mass is 32.2. The Morgan fingerprint density at radius 3 is 2.28 bits per heavy atom. The highest BCUT2D eigenvalue weighted by Gasteiger charge is 2.27. The molecule has 7 heteroatoms. The van der Waals surface area contributed by atoms with Gasteiger partial charge in [0.25, 0.3) is 0 Å². The van der Waals surface area contributed by atoms with Crippen LogP contribution in [0.25, 0.3) is 5.57 Å². The van der Waals surface area contributed by atoms with E-state index in [-0.39, 0.29) is 5.56 Å². The van der Waals surface area contributed by atoms with Gasteiger partial charge in [-0.05, 0) is 46.5 Å². The minimum absolute atomic E-state index is 0.224. The maximum atomic E-state index is 12.8. The first kappa shape index (κ1) is 23.5. The van der Waals surface area contributed by atoms with Gasteiger partial charge in [-0.3, -0.25) is 0 Å². The van der Waals surface area contributed by atoms with Crippen LogP contribution >= 0.6 is 11.8 Å². The van der Waals surface area contributed by atoms with Crippen molar-refractivity contribution in [2.24, 2.45) is 0 Å². The lowest BCUT2D eigenvalue weighted by Gasteiger charge is -2.12. The summed E-state index contributed by atoms with van der Waals surface area (Å²) < 4.78 is 43.7. The molecule has 3 aromatic carbocycles. The molecule has 32 heavy (non-hydrogen) atoms. The van der Waals surface area contributed by atoms with Gasteiger partial charge in [-0.1, -0.05) is 60.7 Å². The van der Waals surface area contributed by atoms with Crippen LogP contribution in [-0.2, 0) is 11.2 Å². The van der Waals surface area contributed by atoms with E-state index >= 15 is 0 Å². The molecule has 0 atom stereocenters. The highest BCUT2D eigenvalue weighted by molar-refractivity contribution is 7.99. The van der Waals surface area contributed by atoms with Gasteiger partial charge < -0.3 is 9.84 Å².